The second-order valence-corrected chi connectivity index (χ2v) is 6.85. The first kappa shape index (κ1) is 18.0. The van der Waals surface area contributed by atoms with Gasteiger partial charge >= 0.3 is 0 Å². The quantitative estimate of drug-likeness (QED) is 0.384. The summed E-state index contributed by atoms with van der Waals surface area (Å²) in [7, 11) is 3.23. The van der Waals surface area contributed by atoms with Crippen molar-refractivity contribution < 1.29 is 13.6 Å². The van der Waals surface area contributed by atoms with Crippen LogP contribution in [0, 0.1) is 6.92 Å². The van der Waals surface area contributed by atoms with Gasteiger partial charge in [0.05, 0.1) is 24.1 Å². The molecule has 168 valence electrons. The number of amides is 1. The van der Waals surface area contributed by atoms with Crippen LogP contribution in [0.25, 0.3) is 11.4 Å². The van der Waals surface area contributed by atoms with Gasteiger partial charge in [-0.25, -0.2) is 9.97 Å². The van der Waals surface area contributed by atoms with Gasteiger partial charge in [0.25, 0.3) is 5.91 Å². The third-order valence-electron chi connectivity index (χ3n) is 4.50. The van der Waals surface area contributed by atoms with Gasteiger partial charge in [0, 0.05) is 24.3 Å². The molecule has 3 aromatic heterocycles. The number of nitrogens with one attached hydrogen (secondary N) is 3. The molecule has 3 N–H and O–H groups in total. The molecule has 0 fully saturated rings. The second kappa shape index (κ2) is 9.26. The Balaban J connectivity index is 1.74. The number of rotatable bonds is 7. The predicted octanol–water partition coefficient (Wildman–Crippen LogP) is 2.23. The van der Waals surface area contributed by atoms with Gasteiger partial charge in [-0.05, 0) is 31.2 Å². The molecule has 0 aliphatic rings. The van der Waals surface area contributed by atoms with Crippen molar-refractivity contribution >= 4 is 29.2 Å². The number of methoxy groups -OCH3 is 1. The molecule has 33 heavy (non-hydrogen) atoms. The molecule has 0 bridgehead atoms. The average molecular weight is 449 g/mol. The lowest BCUT2D eigenvalue weighted by atomic mass is 10.1. The van der Waals surface area contributed by atoms with E-state index in [0.29, 0.717) is 28.6 Å². The molecule has 1 aromatic carbocycles. The van der Waals surface area contributed by atoms with Crippen LogP contribution in [0.15, 0.2) is 42.9 Å². The van der Waals surface area contributed by atoms with Crippen LogP contribution in [-0.4, -0.2) is 54.9 Å². The van der Waals surface area contributed by atoms with Crippen molar-refractivity contribution in [1.82, 2.24) is 40.2 Å². The van der Waals surface area contributed by atoms with Crippen LogP contribution in [0.5, 0.6) is 5.75 Å². The summed E-state index contributed by atoms with van der Waals surface area (Å²) in [5, 5.41) is 20.2. The van der Waals surface area contributed by atoms with E-state index in [1.54, 1.807) is 55.3 Å². The number of aromatic nitrogens is 7. The summed E-state index contributed by atoms with van der Waals surface area (Å²) in [6.45, 7) is -0.902. The SMILES string of the molecule is [2H]C([2H])([2H])NC(=O)c1cnc(Nc2ccc(C)nn2)nc1Nc1cccc(-c2ncn(C)n2)c1OC. The summed E-state index contributed by atoms with van der Waals surface area (Å²) in [4.78, 5) is 25.5. The van der Waals surface area contributed by atoms with Crippen molar-refractivity contribution in [2.45, 2.75) is 6.92 Å². The van der Waals surface area contributed by atoms with E-state index in [1.807, 2.05) is 5.32 Å². The highest BCUT2D eigenvalue weighted by Crippen LogP contribution is 2.36. The Kier molecular flexibility index (Phi) is 5.05. The van der Waals surface area contributed by atoms with Gasteiger partial charge in [0.2, 0.25) is 5.95 Å². The number of anilines is 4. The van der Waals surface area contributed by atoms with Gasteiger partial charge < -0.3 is 20.7 Å². The van der Waals surface area contributed by atoms with Crippen LogP contribution in [0.2, 0.25) is 0 Å². The van der Waals surface area contributed by atoms with Crippen LogP contribution in [0.3, 0.4) is 0 Å². The molecule has 4 rings (SSSR count). The molecule has 3 heterocycles. The Morgan fingerprint density at radius 3 is 2.73 bits per heavy atom. The van der Waals surface area contributed by atoms with Gasteiger partial charge in [-0.3, -0.25) is 9.48 Å². The smallest absolute Gasteiger partial charge is 0.256 e. The molecule has 0 aliphatic heterocycles. The Bertz CT molecular complexity index is 1390. The summed E-state index contributed by atoms with van der Waals surface area (Å²) in [5.74, 6) is 0.443. The van der Waals surface area contributed by atoms with E-state index in [4.69, 9.17) is 8.85 Å². The molecular weight excluding hydrogens is 424 g/mol. The lowest BCUT2D eigenvalue weighted by Gasteiger charge is -2.16. The van der Waals surface area contributed by atoms with Gasteiger partial charge in [0.15, 0.2) is 17.4 Å². The predicted molar refractivity (Wildman–Crippen MR) is 122 cm³/mol. The zero-order valence-corrected chi connectivity index (χ0v) is 18.0. The maximum absolute atomic E-state index is 12.7. The van der Waals surface area contributed by atoms with Gasteiger partial charge in [0.1, 0.15) is 17.7 Å². The zero-order chi connectivity index (χ0) is 25.9. The van der Waals surface area contributed by atoms with Gasteiger partial charge in [-0.1, -0.05) is 6.07 Å². The first-order valence-corrected chi connectivity index (χ1v) is 9.70. The largest absolute Gasteiger partial charge is 0.494 e. The number of para-hydroxylation sites is 1. The molecule has 12 heteroatoms. The number of nitrogens with zero attached hydrogens (tertiary/aromatic N) is 7. The number of ether oxygens (including phenoxy) is 1. The molecule has 0 atom stereocenters. The standard InChI is InChI=1S/C21H22N10O2/c1-12-8-9-16(29-28-12)26-21-23-10-14(20(32)22-2)19(27-21)25-15-7-5-6-13(17(15)33-4)18-24-11-31(3)30-18/h5-11H,1-4H3,(H,22,32)(H2,23,25,26,27,29)/i2D3. The number of hydrogen-bond acceptors (Lipinski definition) is 10. The third kappa shape index (κ3) is 4.69. The average Bonchev–Trinajstić information content (AvgIpc) is 3.25. The molecule has 0 aliphatic carbocycles. The van der Waals surface area contributed by atoms with Crippen molar-refractivity contribution in [3.05, 3.63) is 54.1 Å². The van der Waals surface area contributed by atoms with Crippen molar-refractivity contribution in [3.8, 4) is 17.1 Å². The topological polar surface area (TPSA) is 145 Å². The maximum atomic E-state index is 12.7. The highest BCUT2D eigenvalue weighted by atomic mass is 16.5. The number of aryl methyl sites for hydroxylation is 2. The van der Waals surface area contributed by atoms with E-state index in [9.17, 15) is 4.79 Å². The zero-order valence-electron chi connectivity index (χ0n) is 21.0. The van der Waals surface area contributed by atoms with E-state index < -0.39 is 12.9 Å². The van der Waals surface area contributed by atoms with E-state index in [1.165, 1.54) is 13.3 Å². The van der Waals surface area contributed by atoms with Crippen molar-refractivity contribution in [3.63, 3.8) is 0 Å². The first-order chi connectivity index (χ1) is 17.1. The summed E-state index contributed by atoms with van der Waals surface area (Å²) < 4.78 is 29.3. The van der Waals surface area contributed by atoms with Crippen LogP contribution in [0.1, 0.15) is 20.2 Å². The molecule has 0 spiro atoms. The first-order valence-electron chi connectivity index (χ1n) is 11.2. The molecular formula is C21H22N10O2. The van der Waals surface area contributed by atoms with E-state index in [-0.39, 0.29) is 17.3 Å². The van der Waals surface area contributed by atoms with Crippen LogP contribution in [-0.2, 0) is 7.05 Å². The number of hydrogen-bond donors (Lipinski definition) is 3. The summed E-state index contributed by atoms with van der Waals surface area (Å²) >= 11 is 0. The fraction of sp³-hybridized carbons (Fsp3) is 0.190. The number of carbonyl (C=O) groups excluding carboxylic acids is 1. The van der Waals surface area contributed by atoms with Crippen LogP contribution >= 0.6 is 0 Å². The van der Waals surface area contributed by atoms with Crippen LogP contribution in [0.4, 0.5) is 23.3 Å². The Morgan fingerprint density at radius 2 is 2.03 bits per heavy atom. The minimum Gasteiger partial charge on any atom is -0.494 e. The van der Waals surface area contributed by atoms with Gasteiger partial charge in [-0.15, -0.1) is 5.10 Å². The fourth-order valence-electron chi connectivity index (χ4n) is 2.97. The molecule has 4 aromatic rings. The highest BCUT2D eigenvalue weighted by Gasteiger charge is 2.19. The molecule has 0 radical (unpaired) electrons. The van der Waals surface area contributed by atoms with E-state index >= 15 is 0 Å². The number of benzene rings is 1. The second-order valence-electron chi connectivity index (χ2n) is 6.85. The Morgan fingerprint density at radius 1 is 1.15 bits per heavy atom. The third-order valence-corrected chi connectivity index (χ3v) is 4.50. The Labute approximate surface area is 193 Å². The fourth-order valence-corrected chi connectivity index (χ4v) is 2.97. The monoisotopic (exact) mass is 449 g/mol. The van der Waals surface area contributed by atoms with E-state index in [0.717, 1.165) is 5.69 Å². The van der Waals surface area contributed by atoms with Crippen molar-refractivity contribution in [1.29, 1.82) is 0 Å². The lowest BCUT2D eigenvalue weighted by Crippen LogP contribution is -2.20. The van der Waals surface area contributed by atoms with Crippen molar-refractivity contribution in [2.75, 3.05) is 24.7 Å². The number of carbonyl (C=O) groups is 1. The molecule has 0 saturated heterocycles. The van der Waals surface area contributed by atoms with E-state index in [2.05, 4.69) is 40.9 Å². The summed E-state index contributed by atoms with van der Waals surface area (Å²) in [5.41, 5.74) is 1.66. The molecule has 0 saturated carbocycles. The normalized spacial score (nSPS) is 12.3. The Hall–Kier alpha value is -4.61. The molecule has 12 nitrogen and oxygen atoms in total. The van der Waals surface area contributed by atoms with Gasteiger partial charge in [-0.2, -0.15) is 15.2 Å². The summed E-state index contributed by atoms with van der Waals surface area (Å²) in [6, 6.07) is 8.69. The molecule has 0 unspecified atom stereocenters. The molecule has 1 amide bonds. The lowest BCUT2D eigenvalue weighted by molar-refractivity contribution is 0.0963. The summed E-state index contributed by atoms with van der Waals surface area (Å²) in [6.07, 6.45) is 2.76. The van der Waals surface area contributed by atoms with Crippen molar-refractivity contribution in [2.24, 2.45) is 7.05 Å². The van der Waals surface area contributed by atoms with Crippen LogP contribution < -0.4 is 20.7 Å². The highest BCUT2D eigenvalue weighted by molar-refractivity contribution is 5.99. The minimum atomic E-state index is -2.70. The minimum absolute atomic E-state index is 0.0266. The maximum Gasteiger partial charge on any atom is 0.256 e.